The molecule has 1 aromatic rings. The molecule has 0 amide bonds. The molecule has 2 aliphatic carbocycles. The lowest BCUT2D eigenvalue weighted by Crippen LogP contribution is -2.25. The summed E-state index contributed by atoms with van der Waals surface area (Å²) in [6, 6.07) is 11.2. The molecule has 2 saturated carbocycles. The topological polar surface area (TPSA) is 23.8 Å². The minimum absolute atomic E-state index is 0.711. The van der Waals surface area contributed by atoms with Crippen molar-refractivity contribution < 1.29 is 4.39 Å². The minimum atomic E-state index is -0.711. The van der Waals surface area contributed by atoms with Gasteiger partial charge >= 0.3 is 0 Å². The Morgan fingerprint density at radius 3 is 2.21 bits per heavy atom. The van der Waals surface area contributed by atoms with Gasteiger partial charge in [0.25, 0.3) is 0 Å². The molecule has 34 heavy (non-hydrogen) atoms. The van der Waals surface area contributed by atoms with Gasteiger partial charge in [-0.15, -0.1) is 0 Å². The van der Waals surface area contributed by atoms with Gasteiger partial charge < -0.3 is 0 Å². The summed E-state index contributed by atoms with van der Waals surface area (Å²) in [7, 11) is 0. The summed E-state index contributed by atoms with van der Waals surface area (Å²) in [6.45, 7) is 2.28. The highest BCUT2D eigenvalue weighted by molar-refractivity contribution is 5.26. The van der Waals surface area contributed by atoms with E-state index in [2.05, 4.69) is 31.2 Å². The molecule has 2 heteroatoms. The van der Waals surface area contributed by atoms with E-state index in [1.807, 2.05) is 6.08 Å². The van der Waals surface area contributed by atoms with Gasteiger partial charge in [0.15, 0.2) is 5.83 Å². The van der Waals surface area contributed by atoms with Crippen molar-refractivity contribution in [3.63, 3.8) is 0 Å². The maximum absolute atomic E-state index is 12.8. The second-order valence-corrected chi connectivity index (χ2v) is 10.9. The van der Waals surface area contributed by atoms with Gasteiger partial charge in [-0.25, -0.2) is 0 Å². The number of nitrogens with zero attached hydrogens (tertiary/aromatic N) is 1. The summed E-state index contributed by atoms with van der Waals surface area (Å²) in [5.74, 6) is 2.77. The number of hydrogen-bond donors (Lipinski definition) is 0. The summed E-state index contributed by atoms with van der Waals surface area (Å²) >= 11 is 0. The molecular formula is C32H46FN. The number of allylic oxidation sites excluding steroid dienone is 4. The average molecular weight is 464 g/mol. The Labute approximate surface area is 208 Å². The maximum Gasteiger partial charge on any atom is 0.199 e. The molecule has 2 fully saturated rings. The number of unbranched alkanes of at least 4 members (excludes halogenated alkanes) is 4. The molecule has 0 heterocycles. The van der Waals surface area contributed by atoms with Crippen molar-refractivity contribution in [2.24, 2.45) is 17.8 Å². The van der Waals surface area contributed by atoms with Gasteiger partial charge in [-0.1, -0.05) is 81.9 Å². The van der Waals surface area contributed by atoms with Crippen molar-refractivity contribution in [2.45, 2.75) is 116 Å². The van der Waals surface area contributed by atoms with E-state index >= 15 is 0 Å². The van der Waals surface area contributed by atoms with Gasteiger partial charge in [-0.05, 0) is 105 Å². The third kappa shape index (κ3) is 9.05. The molecule has 1 nitrogen and oxygen atoms in total. The first-order chi connectivity index (χ1) is 16.7. The smallest absolute Gasteiger partial charge is 0.195 e. The van der Waals surface area contributed by atoms with E-state index in [4.69, 9.17) is 5.26 Å². The van der Waals surface area contributed by atoms with E-state index in [1.54, 1.807) is 11.6 Å². The number of rotatable bonds is 12. The zero-order chi connectivity index (χ0) is 24.0. The fourth-order valence-corrected chi connectivity index (χ4v) is 6.38. The Morgan fingerprint density at radius 1 is 0.912 bits per heavy atom. The van der Waals surface area contributed by atoms with Crippen LogP contribution in [0.25, 0.3) is 0 Å². The first-order valence-corrected chi connectivity index (χ1v) is 14.2. The molecule has 0 atom stereocenters. The molecule has 0 unspecified atom stereocenters. The van der Waals surface area contributed by atoms with Crippen LogP contribution in [-0.4, -0.2) is 0 Å². The highest BCUT2D eigenvalue weighted by atomic mass is 19.1. The molecule has 2 aliphatic rings. The number of aryl methyl sites for hydroxylation is 1. The maximum atomic E-state index is 12.8. The van der Waals surface area contributed by atoms with E-state index in [1.165, 1.54) is 114 Å². The van der Waals surface area contributed by atoms with Crippen molar-refractivity contribution in [2.75, 3.05) is 0 Å². The number of nitriles is 1. The Bertz CT molecular complexity index is 783. The van der Waals surface area contributed by atoms with Gasteiger partial charge in [0.05, 0.1) is 0 Å². The van der Waals surface area contributed by atoms with E-state index in [9.17, 15) is 4.39 Å². The van der Waals surface area contributed by atoms with Gasteiger partial charge in [-0.2, -0.15) is 9.65 Å². The lowest BCUT2D eigenvalue weighted by Gasteiger charge is -2.38. The van der Waals surface area contributed by atoms with Gasteiger partial charge in [0.2, 0.25) is 0 Å². The monoisotopic (exact) mass is 463 g/mol. The van der Waals surface area contributed by atoms with E-state index < -0.39 is 5.83 Å². The Hall–Kier alpha value is -1.88. The molecule has 0 saturated heterocycles. The quantitative estimate of drug-likeness (QED) is 0.172. The van der Waals surface area contributed by atoms with Gasteiger partial charge in [0.1, 0.15) is 6.07 Å². The van der Waals surface area contributed by atoms with Crippen LogP contribution in [0.3, 0.4) is 0 Å². The summed E-state index contributed by atoms with van der Waals surface area (Å²) in [5.41, 5.74) is 3.10. The fourth-order valence-electron chi connectivity index (χ4n) is 6.38. The molecule has 0 spiro atoms. The number of halogens is 1. The lowest BCUT2D eigenvalue weighted by atomic mass is 9.68. The van der Waals surface area contributed by atoms with Crippen molar-refractivity contribution >= 4 is 0 Å². The van der Waals surface area contributed by atoms with E-state index in [0.29, 0.717) is 0 Å². The second kappa shape index (κ2) is 15.2. The Balaban J connectivity index is 1.32. The van der Waals surface area contributed by atoms with Crippen molar-refractivity contribution in [1.29, 1.82) is 5.26 Å². The summed E-state index contributed by atoms with van der Waals surface area (Å²) in [4.78, 5) is 0. The number of benzene rings is 1. The Kier molecular flexibility index (Phi) is 11.9. The predicted molar refractivity (Wildman–Crippen MR) is 142 cm³/mol. The van der Waals surface area contributed by atoms with Crippen LogP contribution < -0.4 is 0 Å². The molecule has 186 valence electrons. The second-order valence-electron chi connectivity index (χ2n) is 10.9. The normalized spacial score (nSPS) is 26.0. The van der Waals surface area contributed by atoms with Crippen LogP contribution in [0.5, 0.6) is 0 Å². The molecule has 0 aromatic heterocycles. The van der Waals surface area contributed by atoms with Crippen LogP contribution in [0.2, 0.25) is 0 Å². The first-order valence-electron chi connectivity index (χ1n) is 14.2. The highest BCUT2D eigenvalue weighted by Crippen LogP contribution is 2.44. The van der Waals surface area contributed by atoms with Crippen LogP contribution >= 0.6 is 0 Å². The van der Waals surface area contributed by atoms with Crippen molar-refractivity contribution in [3.8, 4) is 6.07 Å². The van der Waals surface area contributed by atoms with Gasteiger partial charge in [0, 0.05) is 0 Å². The summed E-state index contributed by atoms with van der Waals surface area (Å²) in [5, 5.41) is 8.43. The molecule has 0 bridgehead atoms. The SMILES string of the molecule is CCCCCCCc1ccc([C@H]2CC[C@H]([C@H]3CC[C@H](CCC=CC=C(F)C#N)CC3)CC2)cc1. The van der Waals surface area contributed by atoms with Crippen LogP contribution in [0.1, 0.15) is 120 Å². The largest absolute Gasteiger partial charge is 0.199 e. The first kappa shape index (κ1) is 26.7. The third-order valence-corrected chi connectivity index (χ3v) is 8.58. The third-order valence-electron chi connectivity index (χ3n) is 8.58. The fraction of sp³-hybridized carbons (Fsp3) is 0.656. The van der Waals surface area contributed by atoms with Crippen LogP contribution in [0.15, 0.2) is 48.3 Å². The van der Waals surface area contributed by atoms with Crippen LogP contribution in [-0.2, 0) is 6.42 Å². The zero-order valence-corrected chi connectivity index (χ0v) is 21.5. The lowest BCUT2D eigenvalue weighted by molar-refractivity contribution is 0.157. The molecule has 3 rings (SSSR count). The van der Waals surface area contributed by atoms with Crippen molar-refractivity contribution in [1.82, 2.24) is 0 Å². The highest BCUT2D eigenvalue weighted by Gasteiger charge is 2.31. The number of hydrogen-bond acceptors (Lipinski definition) is 1. The molecular weight excluding hydrogens is 417 g/mol. The molecule has 0 N–H and O–H groups in total. The minimum Gasteiger partial charge on any atom is -0.195 e. The average Bonchev–Trinajstić information content (AvgIpc) is 2.89. The zero-order valence-electron chi connectivity index (χ0n) is 21.5. The molecule has 0 radical (unpaired) electrons. The Morgan fingerprint density at radius 2 is 1.56 bits per heavy atom. The van der Waals surface area contributed by atoms with Crippen LogP contribution in [0, 0.1) is 29.1 Å². The molecule has 1 aromatic carbocycles. The summed E-state index contributed by atoms with van der Waals surface area (Å²) < 4.78 is 12.8. The van der Waals surface area contributed by atoms with E-state index in [-0.39, 0.29) is 0 Å². The van der Waals surface area contributed by atoms with Crippen LogP contribution in [0.4, 0.5) is 4.39 Å². The predicted octanol–water partition coefficient (Wildman–Crippen LogP) is 9.99. The van der Waals surface area contributed by atoms with Crippen molar-refractivity contribution in [3.05, 3.63) is 59.4 Å². The molecule has 0 aliphatic heterocycles. The van der Waals surface area contributed by atoms with Gasteiger partial charge in [-0.3, -0.25) is 0 Å². The summed E-state index contributed by atoms with van der Waals surface area (Å²) in [6.07, 6.45) is 26.3. The van der Waals surface area contributed by atoms with E-state index in [0.717, 1.165) is 30.1 Å². The standard InChI is InChI=1S/C32H46FN/c1-2-3-4-5-7-10-26-13-17-28(18-14-26)30-21-23-31(24-22-30)29-19-15-27(16-20-29)11-8-6-9-12-32(33)25-34/h6,9,12-14,17-18,27,29-31H,2-5,7-8,10-11,15-16,19-24H2,1H3/t27-,29-,30-,31-.